The Kier molecular flexibility index (Phi) is 6.13. The maximum atomic E-state index is 12.5. The van der Waals surface area contributed by atoms with Gasteiger partial charge in [0.1, 0.15) is 5.75 Å². The molecule has 112 valence electrons. The molecule has 1 atom stereocenters. The molecule has 0 radical (unpaired) electrons. The van der Waals surface area contributed by atoms with Gasteiger partial charge in [-0.1, -0.05) is 15.9 Å². The molecular weight excluding hydrogens is 326 g/mol. The average Bonchev–Trinajstić information content (AvgIpc) is 2.50. The van der Waals surface area contributed by atoms with Gasteiger partial charge in [0.2, 0.25) is 0 Å². The van der Waals surface area contributed by atoms with Crippen LogP contribution < -0.4 is 14.2 Å². The molecule has 1 unspecified atom stereocenters. The van der Waals surface area contributed by atoms with Crippen molar-refractivity contribution in [3.05, 3.63) is 17.7 Å². The number of ether oxygens (including phenoxy) is 3. The fourth-order valence-corrected chi connectivity index (χ4v) is 2.12. The maximum Gasteiger partial charge on any atom is 0.257 e. The zero-order valence-electron chi connectivity index (χ0n) is 12.4. The van der Waals surface area contributed by atoms with Gasteiger partial charge in [-0.3, -0.25) is 4.79 Å². The highest BCUT2D eigenvalue weighted by Crippen LogP contribution is 2.35. The first-order valence-corrected chi connectivity index (χ1v) is 7.25. The molecule has 0 aliphatic rings. The van der Waals surface area contributed by atoms with Crippen LogP contribution in [-0.4, -0.2) is 50.6 Å². The van der Waals surface area contributed by atoms with Crippen molar-refractivity contribution in [2.24, 2.45) is 0 Å². The molecular formula is C14H20BrNO4. The Hall–Kier alpha value is -1.43. The van der Waals surface area contributed by atoms with E-state index in [2.05, 4.69) is 15.9 Å². The summed E-state index contributed by atoms with van der Waals surface area (Å²) in [5.41, 5.74) is 0.445. The molecule has 1 aromatic carbocycles. The number of carbonyl (C=O) groups is 1. The van der Waals surface area contributed by atoms with Gasteiger partial charge in [-0.25, -0.2) is 0 Å². The molecule has 6 heteroatoms. The first-order valence-electron chi connectivity index (χ1n) is 6.13. The quantitative estimate of drug-likeness (QED) is 0.743. The molecule has 20 heavy (non-hydrogen) atoms. The summed E-state index contributed by atoms with van der Waals surface area (Å²) in [5.74, 6) is 1.35. The lowest BCUT2D eigenvalue weighted by Gasteiger charge is -2.24. The van der Waals surface area contributed by atoms with Crippen molar-refractivity contribution in [3.8, 4) is 17.2 Å². The molecule has 1 rings (SSSR count). The summed E-state index contributed by atoms with van der Waals surface area (Å²) < 4.78 is 15.7. The summed E-state index contributed by atoms with van der Waals surface area (Å²) in [6.45, 7) is 1.96. The molecule has 1 aromatic rings. The number of benzene rings is 1. The van der Waals surface area contributed by atoms with Gasteiger partial charge in [-0.05, 0) is 6.92 Å². The number of rotatable bonds is 6. The lowest BCUT2D eigenvalue weighted by atomic mass is 10.1. The largest absolute Gasteiger partial charge is 0.496 e. The number of methoxy groups -OCH3 is 3. The summed E-state index contributed by atoms with van der Waals surface area (Å²) >= 11 is 3.37. The highest BCUT2D eigenvalue weighted by molar-refractivity contribution is 9.09. The Morgan fingerprint density at radius 3 is 2.10 bits per heavy atom. The SMILES string of the molecule is COc1cc(OC)c(C(=O)N(C)C(C)CBr)cc1OC. The number of hydrogen-bond acceptors (Lipinski definition) is 4. The molecule has 0 spiro atoms. The molecule has 0 heterocycles. The molecule has 0 aliphatic carbocycles. The van der Waals surface area contributed by atoms with Crippen molar-refractivity contribution in [3.63, 3.8) is 0 Å². The van der Waals surface area contributed by atoms with E-state index in [0.717, 1.165) is 0 Å². The zero-order valence-corrected chi connectivity index (χ0v) is 14.0. The van der Waals surface area contributed by atoms with Crippen LogP contribution in [0.2, 0.25) is 0 Å². The van der Waals surface area contributed by atoms with Gasteiger partial charge in [0.15, 0.2) is 11.5 Å². The van der Waals surface area contributed by atoms with Crippen LogP contribution in [0.4, 0.5) is 0 Å². The van der Waals surface area contributed by atoms with Gasteiger partial charge in [0.05, 0.1) is 26.9 Å². The van der Waals surface area contributed by atoms with E-state index in [-0.39, 0.29) is 11.9 Å². The highest BCUT2D eigenvalue weighted by atomic mass is 79.9. The number of carbonyl (C=O) groups excluding carboxylic acids is 1. The summed E-state index contributed by atoms with van der Waals surface area (Å²) in [6.07, 6.45) is 0. The third kappa shape index (κ3) is 3.36. The predicted octanol–water partition coefficient (Wildman–Crippen LogP) is 2.57. The second kappa shape index (κ2) is 7.38. The van der Waals surface area contributed by atoms with Crippen LogP contribution in [0.15, 0.2) is 12.1 Å². The minimum atomic E-state index is -0.130. The predicted molar refractivity (Wildman–Crippen MR) is 81.4 cm³/mol. The summed E-state index contributed by atoms with van der Waals surface area (Å²) in [6, 6.07) is 3.36. The molecule has 0 saturated carbocycles. The minimum absolute atomic E-state index is 0.0697. The number of halogens is 1. The molecule has 1 amide bonds. The number of amides is 1. The van der Waals surface area contributed by atoms with Crippen molar-refractivity contribution in [1.82, 2.24) is 4.90 Å². The Morgan fingerprint density at radius 2 is 1.65 bits per heavy atom. The number of nitrogens with zero attached hydrogens (tertiary/aromatic N) is 1. The van der Waals surface area contributed by atoms with Crippen LogP contribution in [0.25, 0.3) is 0 Å². The Bertz CT molecular complexity index is 478. The van der Waals surface area contributed by atoms with Crippen molar-refractivity contribution < 1.29 is 19.0 Å². The van der Waals surface area contributed by atoms with E-state index < -0.39 is 0 Å². The normalized spacial score (nSPS) is 11.7. The van der Waals surface area contributed by atoms with Crippen LogP contribution in [0.3, 0.4) is 0 Å². The van der Waals surface area contributed by atoms with Crippen LogP contribution in [0.1, 0.15) is 17.3 Å². The lowest BCUT2D eigenvalue weighted by Crippen LogP contribution is -2.36. The van der Waals surface area contributed by atoms with Gasteiger partial charge in [0.25, 0.3) is 5.91 Å². The van der Waals surface area contributed by atoms with Crippen molar-refractivity contribution in [2.45, 2.75) is 13.0 Å². The molecule has 0 bridgehead atoms. The Balaban J connectivity index is 3.25. The zero-order chi connectivity index (χ0) is 15.3. The highest BCUT2D eigenvalue weighted by Gasteiger charge is 2.22. The van der Waals surface area contributed by atoms with Gasteiger partial charge >= 0.3 is 0 Å². The molecule has 5 nitrogen and oxygen atoms in total. The van der Waals surface area contributed by atoms with E-state index in [1.165, 1.54) is 21.3 Å². The van der Waals surface area contributed by atoms with Crippen LogP contribution in [-0.2, 0) is 0 Å². The van der Waals surface area contributed by atoms with E-state index in [4.69, 9.17) is 14.2 Å². The smallest absolute Gasteiger partial charge is 0.257 e. The first kappa shape index (κ1) is 16.6. The van der Waals surface area contributed by atoms with E-state index in [9.17, 15) is 4.79 Å². The van der Waals surface area contributed by atoms with Gasteiger partial charge in [0, 0.05) is 30.6 Å². The summed E-state index contributed by atoms with van der Waals surface area (Å²) in [4.78, 5) is 14.2. The molecule has 0 N–H and O–H groups in total. The second-order valence-corrected chi connectivity index (χ2v) is 4.97. The van der Waals surface area contributed by atoms with Crippen LogP contribution in [0, 0.1) is 0 Å². The first-order chi connectivity index (χ1) is 9.49. The van der Waals surface area contributed by atoms with E-state index in [0.29, 0.717) is 28.1 Å². The minimum Gasteiger partial charge on any atom is -0.496 e. The Morgan fingerprint density at radius 1 is 1.15 bits per heavy atom. The van der Waals surface area contributed by atoms with Crippen LogP contribution >= 0.6 is 15.9 Å². The molecule has 0 aromatic heterocycles. The van der Waals surface area contributed by atoms with Crippen molar-refractivity contribution in [2.75, 3.05) is 33.7 Å². The van der Waals surface area contributed by atoms with E-state index in [1.54, 1.807) is 24.1 Å². The third-order valence-electron chi connectivity index (χ3n) is 3.14. The number of alkyl halides is 1. The van der Waals surface area contributed by atoms with Gasteiger partial charge in [-0.2, -0.15) is 0 Å². The lowest BCUT2D eigenvalue weighted by molar-refractivity contribution is 0.0754. The topological polar surface area (TPSA) is 48.0 Å². The van der Waals surface area contributed by atoms with Crippen LogP contribution in [0.5, 0.6) is 17.2 Å². The van der Waals surface area contributed by atoms with E-state index >= 15 is 0 Å². The second-order valence-electron chi connectivity index (χ2n) is 4.33. The fourth-order valence-electron chi connectivity index (χ4n) is 1.69. The van der Waals surface area contributed by atoms with Gasteiger partial charge < -0.3 is 19.1 Å². The summed E-state index contributed by atoms with van der Waals surface area (Å²) in [5, 5.41) is 0.699. The standard InChI is InChI=1S/C14H20BrNO4/c1-9(8-15)16(2)14(17)10-6-12(19-4)13(20-5)7-11(10)18-3/h6-7,9H,8H2,1-5H3. The summed E-state index contributed by atoms with van der Waals surface area (Å²) in [7, 11) is 6.34. The maximum absolute atomic E-state index is 12.5. The molecule has 0 fully saturated rings. The monoisotopic (exact) mass is 345 g/mol. The van der Waals surface area contributed by atoms with Gasteiger partial charge in [-0.15, -0.1) is 0 Å². The third-order valence-corrected chi connectivity index (χ3v) is 4.08. The van der Waals surface area contributed by atoms with Crippen molar-refractivity contribution in [1.29, 1.82) is 0 Å². The Labute approximate surface area is 127 Å². The molecule has 0 aliphatic heterocycles. The van der Waals surface area contributed by atoms with Crippen molar-refractivity contribution >= 4 is 21.8 Å². The molecule has 0 saturated heterocycles. The number of hydrogen-bond donors (Lipinski definition) is 0. The fraction of sp³-hybridized carbons (Fsp3) is 0.500. The van der Waals surface area contributed by atoms with E-state index in [1.807, 2.05) is 6.92 Å². The average molecular weight is 346 g/mol.